The number of furan rings is 1. The van der Waals surface area contributed by atoms with Gasteiger partial charge in [-0.2, -0.15) is 0 Å². The minimum absolute atomic E-state index is 0.496. The summed E-state index contributed by atoms with van der Waals surface area (Å²) in [6.45, 7) is 9.92. The van der Waals surface area contributed by atoms with E-state index in [0.29, 0.717) is 11.5 Å². The molecule has 1 N–H and O–H groups in total. The van der Waals surface area contributed by atoms with Gasteiger partial charge in [0.05, 0.1) is 6.54 Å². The topological polar surface area (TPSA) is 25.2 Å². The van der Waals surface area contributed by atoms with Crippen molar-refractivity contribution in [3.05, 3.63) is 23.7 Å². The normalized spacial score (nSPS) is 28.5. The van der Waals surface area contributed by atoms with Crippen LogP contribution in [0.4, 0.5) is 0 Å². The summed E-state index contributed by atoms with van der Waals surface area (Å²) in [5.41, 5.74) is 0.496. The maximum absolute atomic E-state index is 5.57. The summed E-state index contributed by atoms with van der Waals surface area (Å²) in [5.74, 6) is 2.82. The van der Waals surface area contributed by atoms with Crippen molar-refractivity contribution in [2.75, 3.05) is 0 Å². The molecule has 0 radical (unpaired) electrons. The molecule has 0 amide bonds. The minimum atomic E-state index is 0.496. The quantitative estimate of drug-likeness (QED) is 0.845. The highest BCUT2D eigenvalue weighted by Gasteiger charge is 2.36. The summed E-state index contributed by atoms with van der Waals surface area (Å²) in [6.07, 6.45) is 2.59. The van der Waals surface area contributed by atoms with E-state index in [-0.39, 0.29) is 0 Å². The second-order valence-corrected chi connectivity index (χ2v) is 6.05. The fourth-order valence-corrected chi connectivity index (χ4v) is 2.98. The second-order valence-electron chi connectivity index (χ2n) is 6.05. The number of rotatable bonds is 3. The van der Waals surface area contributed by atoms with Crippen molar-refractivity contribution in [1.82, 2.24) is 5.32 Å². The van der Waals surface area contributed by atoms with E-state index in [2.05, 4.69) is 32.2 Å². The Balaban J connectivity index is 1.87. The average molecular weight is 221 g/mol. The molecule has 1 aromatic rings. The van der Waals surface area contributed by atoms with Crippen LogP contribution in [-0.2, 0) is 6.54 Å². The smallest absolute Gasteiger partial charge is 0.117 e. The molecule has 2 nitrogen and oxygen atoms in total. The van der Waals surface area contributed by atoms with E-state index in [4.69, 9.17) is 4.42 Å². The molecule has 2 rings (SSSR count). The van der Waals surface area contributed by atoms with E-state index in [1.807, 2.05) is 13.0 Å². The Hall–Kier alpha value is -0.760. The molecule has 1 fully saturated rings. The molecule has 1 saturated carbocycles. The molecular weight excluding hydrogens is 198 g/mol. The van der Waals surface area contributed by atoms with Gasteiger partial charge in [-0.05, 0) is 43.2 Å². The Morgan fingerprint density at radius 2 is 2.12 bits per heavy atom. The molecule has 0 bridgehead atoms. The lowest BCUT2D eigenvalue weighted by Gasteiger charge is -2.17. The summed E-state index contributed by atoms with van der Waals surface area (Å²) >= 11 is 0. The molecule has 16 heavy (non-hydrogen) atoms. The first-order chi connectivity index (χ1) is 7.46. The lowest BCUT2D eigenvalue weighted by Crippen LogP contribution is -2.30. The van der Waals surface area contributed by atoms with E-state index in [1.54, 1.807) is 0 Å². The van der Waals surface area contributed by atoms with Gasteiger partial charge in [-0.25, -0.2) is 0 Å². The van der Waals surface area contributed by atoms with E-state index in [9.17, 15) is 0 Å². The van der Waals surface area contributed by atoms with E-state index >= 15 is 0 Å². The maximum Gasteiger partial charge on any atom is 0.117 e. The molecule has 2 unspecified atom stereocenters. The van der Waals surface area contributed by atoms with Gasteiger partial charge in [0.25, 0.3) is 0 Å². The highest BCUT2D eigenvalue weighted by atomic mass is 16.3. The molecule has 0 aliphatic heterocycles. The van der Waals surface area contributed by atoms with Crippen molar-refractivity contribution < 1.29 is 4.42 Å². The molecule has 1 aliphatic rings. The van der Waals surface area contributed by atoms with Gasteiger partial charge in [-0.3, -0.25) is 0 Å². The summed E-state index contributed by atoms with van der Waals surface area (Å²) in [5, 5.41) is 3.62. The Kier molecular flexibility index (Phi) is 3.11. The van der Waals surface area contributed by atoms with Crippen molar-refractivity contribution in [1.29, 1.82) is 0 Å². The van der Waals surface area contributed by atoms with Gasteiger partial charge in [0.2, 0.25) is 0 Å². The molecule has 2 heteroatoms. The Morgan fingerprint density at radius 1 is 1.38 bits per heavy atom. The minimum Gasteiger partial charge on any atom is -0.465 e. The van der Waals surface area contributed by atoms with Gasteiger partial charge >= 0.3 is 0 Å². The monoisotopic (exact) mass is 221 g/mol. The molecule has 0 aromatic carbocycles. The van der Waals surface area contributed by atoms with Crippen LogP contribution in [0.5, 0.6) is 0 Å². The largest absolute Gasteiger partial charge is 0.465 e. The van der Waals surface area contributed by atoms with Crippen LogP contribution < -0.4 is 5.32 Å². The van der Waals surface area contributed by atoms with Crippen molar-refractivity contribution in [3.63, 3.8) is 0 Å². The third-order valence-corrected chi connectivity index (χ3v) is 3.67. The van der Waals surface area contributed by atoms with Gasteiger partial charge < -0.3 is 9.73 Å². The third-order valence-electron chi connectivity index (χ3n) is 3.67. The molecule has 0 saturated heterocycles. The first kappa shape index (κ1) is 11.7. The van der Waals surface area contributed by atoms with Crippen molar-refractivity contribution in [2.45, 2.75) is 53.1 Å². The van der Waals surface area contributed by atoms with Crippen molar-refractivity contribution >= 4 is 0 Å². The summed E-state index contributed by atoms with van der Waals surface area (Å²) in [4.78, 5) is 0. The maximum atomic E-state index is 5.57. The summed E-state index contributed by atoms with van der Waals surface area (Å²) in [7, 11) is 0. The van der Waals surface area contributed by atoms with Crippen LogP contribution in [0.3, 0.4) is 0 Å². The Labute approximate surface area is 98.4 Å². The SMILES string of the molecule is Cc1ccc(CNC2CC(C)(C)CC2C)o1. The molecular formula is C14H23NO. The molecule has 90 valence electrons. The van der Waals surface area contributed by atoms with Crippen LogP contribution in [0, 0.1) is 18.3 Å². The fraction of sp³-hybridized carbons (Fsp3) is 0.714. The molecule has 1 aliphatic carbocycles. The van der Waals surface area contributed by atoms with Gasteiger partial charge in [0.1, 0.15) is 11.5 Å². The predicted octanol–water partition coefficient (Wildman–Crippen LogP) is 3.50. The number of aryl methyl sites for hydroxylation is 1. The van der Waals surface area contributed by atoms with Crippen LogP contribution in [0.15, 0.2) is 16.5 Å². The third kappa shape index (κ3) is 2.67. The van der Waals surface area contributed by atoms with Gasteiger partial charge in [-0.15, -0.1) is 0 Å². The Bertz CT molecular complexity index is 353. The van der Waals surface area contributed by atoms with Crippen LogP contribution in [0.2, 0.25) is 0 Å². The molecule has 0 spiro atoms. The van der Waals surface area contributed by atoms with Crippen LogP contribution in [-0.4, -0.2) is 6.04 Å². The highest BCUT2D eigenvalue weighted by molar-refractivity contribution is 5.05. The Morgan fingerprint density at radius 3 is 2.62 bits per heavy atom. The van der Waals surface area contributed by atoms with Gasteiger partial charge in [0.15, 0.2) is 0 Å². The summed E-state index contributed by atoms with van der Waals surface area (Å²) in [6, 6.07) is 4.73. The standard InChI is InChI=1S/C14H23NO/c1-10-7-14(3,4)8-13(10)15-9-12-6-5-11(2)16-12/h5-6,10,13,15H,7-9H2,1-4H3. The average Bonchev–Trinajstić information content (AvgIpc) is 2.67. The molecule has 1 heterocycles. The van der Waals surface area contributed by atoms with Crippen LogP contribution in [0.25, 0.3) is 0 Å². The zero-order chi connectivity index (χ0) is 11.8. The van der Waals surface area contributed by atoms with Crippen molar-refractivity contribution in [2.24, 2.45) is 11.3 Å². The molecule has 2 atom stereocenters. The van der Waals surface area contributed by atoms with Crippen LogP contribution in [0.1, 0.15) is 45.1 Å². The van der Waals surface area contributed by atoms with E-state index < -0.39 is 0 Å². The highest BCUT2D eigenvalue weighted by Crippen LogP contribution is 2.40. The first-order valence-electron chi connectivity index (χ1n) is 6.25. The first-order valence-corrected chi connectivity index (χ1v) is 6.25. The van der Waals surface area contributed by atoms with Crippen LogP contribution >= 0.6 is 0 Å². The second kappa shape index (κ2) is 4.25. The van der Waals surface area contributed by atoms with Gasteiger partial charge in [0, 0.05) is 6.04 Å². The zero-order valence-corrected chi connectivity index (χ0v) is 10.8. The summed E-state index contributed by atoms with van der Waals surface area (Å²) < 4.78 is 5.57. The lowest BCUT2D eigenvalue weighted by molar-refractivity contribution is 0.358. The lowest BCUT2D eigenvalue weighted by atomic mass is 9.91. The van der Waals surface area contributed by atoms with Crippen molar-refractivity contribution in [3.8, 4) is 0 Å². The molecule has 1 aromatic heterocycles. The zero-order valence-electron chi connectivity index (χ0n) is 10.8. The van der Waals surface area contributed by atoms with E-state index in [1.165, 1.54) is 12.8 Å². The number of hydrogen-bond acceptors (Lipinski definition) is 2. The van der Waals surface area contributed by atoms with Gasteiger partial charge in [-0.1, -0.05) is 20.8 Å². The number of hydrogen-bond donors (Lipinski definition) is 1. The number of nitrogens with one attached hydrogen (secondary N) is 1. The predicted molar refractivity (Wildman–Crippen MR) is 66.3 cm³/mol. The van der Waals surface area contributed by atoms with E-state index in [0.717, 1.165) is 24.0 Å². The fourth-order valence-electron chi connectivity index (χ4n) is 2.98.